The van der Waals surface area contributed by atoms with E-state index in [-0.39, 0.29) is 43.4 Å². The van der Waals surface area contributed by atoms with Crippen molar-refractivity contribution in [1.29, 1.82) is 0 Å². The van der Waals surface area contributed by atoms with E-state index in [2.05, 4.69) is 4.72 Å². The second-order valence-electron chi connectivity index (χ2n) is 6.68. The summed E-state index contributed by atoms with van der Waals surface area (Å²) in [5, 5.41) is 0. The van der Waals surface area contributed by atoms with E-state index in [4.69, 9.17) is 4.74 Å². The van der Waals surface area contributed by atoms with Crippen LogP contribution in [0.5, 0.6) is 5.75 Å². The van der Waals surface area contributed by atoms with E-state index >= 15 is 0 Å². The molecule has 0 aromatic heterocycles. The number of hydrogen-bond donors (Lipinski definition) is 1. The minimum atomic E-state index is -4.27. The lowest BCUT2D eigenvalue weighted by molar-refractivity contribution is -0.145. The van der Waals surface area contributed by atoms with Crippen molar-refractivity contribution in [3.63, 3.8) is 0 Å². The Bertz CT molecular complexity index is 770. The molecular formula is C18H26F3N3O4S. The zero-order chi connectivity index (χ0) is 21.5. The third-order valence-corrected chi connectivity index (χ3v) is 5.90. The van der Waals surface area contributed by atoms with Gasteiger partial charge in [0.15, 0.2) is 0 Å². The van der Waals surface area contributed by atoms with E-state index in [0.29, 0.717) is 25.3 Å². The fourth-order valence-corrected chi connectivity index (χ4v) is 4.08. The van der Waals surface area contributed by atoms with E-state index < -0.39 is 22.7 Å². The monoisotopic (exact) mass is 437 g/mol. The molecule has 1 aromatic rings. The van der Waals surface area contributed by atoms with Crippen LogP contribution in [-0.4, -0.2) is 76.2 Å². The lowest BCUT2D eigenvalue weighted by atomic mass is 10.3. The molecule has 1 aliphatic heterocycles. The molecule has 1 aromatic carbocycles. The molecule has 0 spiro atoms. The molecule has 29 heavy (non-hydrogen) atoms. The minimum Gasteiger partial charge on any atom is -0.494 e. The van der Waals surface area contributed by atoms with E-state index in [0.717, 1.165) is 0 Å². The van der Waals surface area contributed by atoms with Crippen LogP contribution in [0.15, 0.2) is 29.2 Å². The number of alkyl halides is 3. The third-order valence-electron chi connectivity index (χ3n) is 4.42. The van der Waals surface area contributed by atoms with Gasteiger partial charge >= 0.3 is 6.18 Å². The average molecular weight is 437 g/mol. The van der Waals surface area contributed by atoms with Crippen molar-refractivity contribution in [1.82, 2.24) is 14.5 Å². The highest BCUT2D eigenvalue weighted by Crippen LogP contribution is 2.18. The molecule has 1 N–H and O–H groups in total. The molecule has 1 amide bonds. The third kappa shape index (κ3) is 7.82. The summed E-state index contributed by atoms with van der Waals surface area (Å²) in [5.41, 5.74) is 0. The molecule has 0 aliphatic carbocycles. The van der Waals surface area contributed by atoms with Gasteiger partial charge in [-0.25, -0.2) is 13.1 Å². The topological polar surface area (TPSA) is 78.9 Å². The molecule has 1 heterocycles. The molecule has 1 aliphatic rings. The first kappa shape index (κ1) is 23.4. The fourth-order valence-electron chi connectivity index (χ4n) is 3.05. The van der Waals surface area contributed by atoms with Crippen LogP contribution in [0.25, 0.3) is 0 Å². The van der Waals surface area contributed by atoms with Gasteiger partial charge in [-0.3, -0.25) is 9.69 Å². The number of amides is 1. The second kappa shape index (κ2) is 10.3. The Kier molecular flexibility index (Phi) is 8.29. The smallest absolute Gasteiger partial charge is 0.401 e. The molecule has 11 heteroatoms. The quantitative estimate of drug-likeness (QED) is 0.672. The van der Waals surface area contributed by atoms with Gasteiger partial charge in [0.2, 0.25) is 15.9 Å². The van der Waals surface area contributed by atoms with Crippen molar-refractivity contribution >= 4 is 15.9 Å². The Balaban J connectivity index is 1.81. The van der Waals surface area contributed by atoms with Crippen molar-refractivity contribution in [2.24, 2.45) is 0 Å². The summed E-state index contributed by atoms with van der Waals surface area (Å²) in [4.78, 5) is 15.1. The van der Waals surface area contributed by atoms with Crippen LogP contribution in [0.1, 0.15) is 19.8 Å². The Hall–Kier alpha value is -1.85. The van der Waals surface area contributed by atoms with Gasteiger partial charge in [0.05, 0.1) is 18.0 Å². The normalized spacial score (nSPS) is 16.5. The molecule has 1 fully saturated rings. The highest BCUT2D eigenvalue weighted by atomic mass is 32.2. The van der Waals surface area contributed by atoms with E-state index in [1.54, 1.807) is 12.1 Å². The number of halogens is 3. The summed E-state index contributed by atoms with van der Waals surface area (Å²) in [5.74, 6) is 0.274. The maximum Gasteiger partial charge on any atom is 0.401 e. The van der Waals surface area contributed by atoms with Crippen molar-refractivity contribution < 1.29 is 31.1 Å². The number of carbonyl (C=O) groups is 1. The van der Waals surface area contributed by atoms with Gasteiger partial charge in [-0.15, -0.1) is 0 Å². The summed E-state index contributed by atoms with van der Waals surface area (Å²) in [7, 11) is -3.76. The standard InChI is InChI=1S/C18H26F3N3O4S/c1-2-28-15-4-6-16(7-5-15)29(26,27)22-9-8-17(25)24-11-3-10-23(12-13-24)14-18(19,20)21/h4-7,22H,2-3,8-14H2,1H3. The number of nitrogens with one attached hydrogen (secondary N) is 1. The number of rotatable bonds is 8. The van der Waals surface area contributed by atoms with Crippen molar-refractivity contribution in [2.75, 3.05) is 45.9 Å². The Morgan fingerprint density at radius 1 is 1.14 bits per heavy atom. The van der Waals surface area contributed by atoms with Crippen molar-refractivity contribution in [3.05, 3.63) is 24.3 Å². The van der Waals surface area contributed by atoms with E-state index in [1.165, 1.54) is 21.9 Å². The van der Waals surface area contributed by atoms with Crippen LogP contribution in [-0.2, 0) is 14.8 Å². The molecule has 1 saturated heterocycles. The molecule has 164 valence electrons. The van der Waals surface area contributed by atoms with Gasteiger partial charge in [0.1, 0.15) is 5.75 Å². The molecule has 0 saturated carbocycles. The maximum atomic E-state index is 12.5. The lowest BCUT2D eigenvalue weighted by Crippen LogP contribution is -2.39. The summed E-state index contributed by atoms with van der Waals surface area (Å²) in [6.07, 6.45) is -3.88. The number of benzene rings is 1. The Morgan fingerprint density at radius 2 is 1.83 bits per heavy atom. The Morgan fingerprint density at radius 3 is 2.45 bits per heavy atom. The highest BCUT2D eigenvalue weighted by molar-refractivity contribution is 7.89. The minimum absolute atomic E-state index is 0.0600. The summed E-state index contributed by atoms with van der Waals surface area (Å²) >= 11 is 0. The van der Waals surface area contributed by atoms with Crippen molar-refractivity contribution in [2.45, 2.75) is 30.8 Å². The van der Waals surface area contributed by atoms with Crippen LogP contribution in [0.3, 0.4) is 0 Å². The first-order chi connectivity index (χ1) is 13.6. The fraction of sp³-hybridized carbons (Fsp3) is 0.611. The number of hydrogen-bond acceptors (Lipinski definition) is 5. The maximum absolute atomic E-state index is 12.5. The van der Waals surface area contributed by atoms with E-state index in [1.807, 2.05) is 6.92 Å². The molecular weight excluding hydrogens is 411 g/mol. The Labute approximate surface area is 168 Å². The van der Waals surface area contributed by atoms with Gasteiger partial charge in [-0.05, 0) is 37.6 Å². The number of nitrogens with zero attached hydrogens (tertiary/aromatic N) is 2. The van der Waals surface area contributed by atoms with Crippen LogP contribution in [0, 0.1) is 0 Å². The number of sulfonamides is 1. The number of ether oxygens (including phenoxy) is 1. The highest BCUT2D eigenvalue weighted by Gasteiger charge is 2.31. The second-order valence-corrected chi connectivity index (χ2v) is 8.44. The molecule has 0 unspecified atom stereocenters. The van der Waals surface area contributed by atoms with Gasteiger partial charge in [-0.2, -0.15) is 13.2 Å². The van der Waals surface area contributed by atoms with E-state index in [9.17, 15) is 26.4 Å². The van der Waals surface area contributed by atoms with Crippen LogP contribution < -0.4 is 9.46 Å². The SMILES string of the molecule is CCOc1ccc(S(=O)(=O)NCCC(=O)N2CCCN(CC(F)(F)F)CC2)cc1. The summed E-state index contributed by atoms with van der Waals surface area (Å²) in [6, 6.07) is 5.93. The summed E-state index contributed by atoms with van der Waals surface area (Å²) < 4.78 is 69.8. The van der Waals surface area contributed by atoms with Crippen molar-refractivity contribution in [3.8, 4) is 5.75 Å². The molecule has 7 nitrogen and oxygen atoms in total. The first-order valence-electron chi connectivity index (χ1n) is 9.40. The van der Waals surface area contributed by atoms with Crippen LogP contribution in [0.2, 0.25) is 0 Å². The average Bonchev–Trinajstić information content (AvgIpc) is 2.86. The number of carbonyl (C=O) groups excluding carboxylic acids is 1. The van der Waals surface area contributed by atoms with Gasteiger partial charge in [-0.1, -0.05) is 0 Å². The van der Waals surface area contributed by atoms with Crippen LogP contribution >= 0.6 is 0 Å². The van der Waals surface area contributed by atoms with Gasteiger partial charge < -0.3 is 9.64 Å². The van der Waals surface area contributed by atoms with Gasteiger partial charge in [0, 0.05) is 39.1 Å². The zero-order valence-electron chi connectivity index (χ0n) is 16.2. The van der Waals surface area contributed by atoms with Gasteiger partial charge in [0.25, 0.3) is 0 Å². The molecule has 0 radical (unpaired) electrons. The summed E-state index contributed by atoms with van der Waals surface area (Å²) in [6.45, 7) is 2.18. The zero-order valence-corrected chi connectivity index (χ0v) is 17.1. The molecule has 0 bridgehead atoms. The lowest BCUT2D eigenvalue weighted by Gasteiger charge is -2.22. The molecule has 2 rings (SSSR count). The predicted molar refractivity (Wildman–Crippen MR) is 101 cm³/mol. The first-order valence-corrected chi connectivity index (χ1v) is 10.9. The molecule has 0 atom stereocenters. The van der Waals surface area contributed by atoms with Crippen LogP contribution in [0.4, 0.5) is 13.2 Å². The predicted octanol–water partition coefficient (Wildman–Crippen LogP) is 1.85. The largest absolute Gasteiger partial charge is 0.494 e.